The van der Waals surface area contributed by atoms with Gasteiger partial charge in [-0.3, -0.25) is 9.58 Å². The molecular weight excluding hydrogens is 252 g/mol. The van der Waals surface area contributed by atoms with Crippen molar-refractivity contribution in [3.63, 3.8) is 0 Å². The Morgan fingerprint density at radius 2 is 2.28 bits per heavy atom. The third kappa shape index (κ3) is 2.30. The van der Waals surface area contributed by atoms with Gasteiger partial charge < -0.3 is 0 Å². The first kappa shape index (κ1) is 12.1. The second kappa shape index (κ2) is 4.32. The Balaban J connectivity index is 1.70. The summed E-state index contributed by atoms with van der Waals surface area (Å²) in [6.07, 6.45) is 3.37. The number of fused-ring (bicyclic) bond motifs is 1. The van der Waals surface area contributed by atoms with E-state index in [2.05, 4.69) is 14.7 Å². The lowest BCUT2D eigenvalue weighted by atomic mass is 10.2. The molecule has 0 aromatic carbocycles. The molecule has 1 saturated carbocycles. The summed E-state index contributed by atoms with van der Waals surface area (Å²) in [6, 6.07) is 2.07. The van der Waals surface area contributed by atoms with Crippen LogP contribution in [0.4, 0.5) is 0 Å². The number of hydrogen-bond acceptors (Lipinski definition) is 4. The first-order valence-corrected chi connectivity index (χ1v) is 7.80. The highest BCUT2D eigenvalue weighted by Gasteiger charge is 2.36. The number of likely N-dealkylation sites (N-methyl/N-ethyl adjacent to an activating group) is 1. The van der Waals surface area contributed by atoms with E-state index in [0.29, 0.717) is 6.54 Å². The number of rotatable bonds is 4. The molecule has 1 aromatic heterocycles. The molecule has 0 radical (unpaired) electrons. The Morgan fingerprint density at radius 3 is 3.00 bits per heavy atom. The average Bonchev–Trinajstić information content (AvgIpc) is 3.07. The van der Waals surface area contributed by atoms with E-state index < -0.39 is 10.0 Å². The molecule has 100 valence electrons. The predicted molar refractivity (Wildman–Crippen MR) is 67.5 cm³/mol. The van der Waals surface area contributed by atoms with Crippen LogP contribution in [0.2, 0.25) is 0 Å². The van der Waals surface area contributed by atoms with Gasteiger partial charge in [-0.15, -0.1) is 0 Å². The molecule has 18 heavy (non-hydrogen) atoms. The SMILES string of the molecule is CN1Cc2ccnn2[C@H](CNS(=O)(=O)C2CC2)C1. The Hall–Kier alpha value is -0.920. The van der Waals surface area contributed by atoms with Crippen molar-refractivity contribution in [2.45, 2.75) is 30.7 Å². The van der Waals surface area contributed by atoms with E-state index in [-0.39, 0.29) is 11.3 Å². The summed E-state index contributed by atoms with van der Waals surface area (Å²) >= 11 is 0. The second-order valence-corrected chi connectivity index (χ2v) is 7.26. The van der Waals surface area contributed by atoms with Gasteiger partial charge in [-0.25, -0.2) is 13.1 Å². The fraction of sp³-hybridized carbons (Fsp3) is 0.727. The van der Waals surface area contributed by atoms with Crippen LogP contribution in [0.25, 0.3) is 0 Å². The summed E-state index contributed by atoms with van der Waals surface area (Å²) in [6.45, 7) is 2.12. The Bertz CT molecular complexity index is 535. The van der Waals surface area contributed by atoms with E-state index >= 15 is 0 Å². The fourth-order valence-corrected chi connectivity index (χ4v) is 3.85. The number of aromatic nitrogens is 2. The standard InChI is InChI=1S/C11H18N4O2S/c1-14-7-9-4-5-12-15(9)10(8-14)6-13-18(16,17)11-2-3-11/h4-5,10-11,13H,2-3,6-8H2,1H3/t10-/m1/s1. The quantitative estimate of drug-likeness (QED) is 0.833. The van der Waals surface area contributed by atoms with Gasteiger partial charge >= 0.3 is 0 Å². The lowest BCUT2D eigenvalue weighted by molar-refractivity contribution is 0.210. The average molecular weight is 270 g/mol. The van der Waals surface area contributed by atoms with Crippen LogP contribution in [-0.4, -0.2) is 48.5 Å². The minimum atomic E-state index is -3.10. The topological polar surface area (TPSA) is 67.2 Å². The summed E-state index contributed by atoms with van der Waals surface area (Å²) in [5.74, 6) is 0. The van der Waals surface area contributed by atoms with Gasteiger partial charge in [0.25, 0.3) is 0 Å². The van der Waals surface area contributed by atoms with Crippen molar-refractivity contribution >= 4 is 10.0 Å². The van der Waals surface area contributed by atoms with E-state index in [9.17, 15) is 8.42 Å². The maximum Gasteiger partial charge on any atom is 0.214 e. The number of sulfonamides is 1. The highest BCUT2D eigenvalue weighted by atomic mass is 32.2. The van der Waals surface area contributed by atoms with E-state index in [1.165, 1.54) is 0 Å². The first-order valence-electron chi connectivity index (χ1n) is 6.25. The minimum absolute atomic E-state index is 0.0854. The predicted octanol–water partition coefficient (Wildman–Crippen LogP) is -0.0486. The van der Waals surface area contributed by atoms with Gasteiger partial charge in [0, 0.05) is 25.8 Å². The number of hydrogen-bond donors (Lipinski definition) is 1. The molecule has 2 aliphatic rings. The van der Waals surface area contributed by atoms with Gasteiger partial charge in [0.15, 0.2) is 0 Å². The van der Waals surface area contributed by atoms with Gasteiger partial charge in [0.1, 0.15) is 0 Å². The Labute approximate surface area is 107 Å². The van der Waals surface area contributed by atoms with Gasteiger partial charge in [-0.1, -0.05) is 0 Å². The molecule has 1 fully saturated rings. The van der Waals surface area contributed by atoms with Crippen LogP contribution in [-0.2, 0) is 16.6 Å². The number of nitrogens with one attached hydrogen (secondary N) is 1. The molecule has 0 unspecified atom stereocenters. The summed E-state index contributed by atoms with van der Waals surface area (Å²) in [7, 11) is -1.06. The summed E-state index contributed by atoms with van der Waals surface area (Å²) in [5, 5.41) is 4.13. The van der Waals surface area contributed by atoms with Crippen molar-refractivity contribution in [1.82, 2.24) is 19.4 Å². The van der Waals surface area contributed by atoms with Crippen molar-refractivity contribution in [2.24, 2.45) is 0 Å². The van der Waals surface area contributed by atoms with Crippen LogP contribution in [0.15, 0.2) is 12.3 Å². The van der Waals surface area contributed by atoms with E-state index in [1.807, 2.05) is 17.8 Å². The molecule has 7 heteroatoms. The minimum Gasteiger partial charge on any atom is -0.298 e. The van der Waals surface area contributed by atoms with Crippen molar-refractivity contribution in [3.8, 4) is 0 Å². The second-order valence-electron chi connectivity index (χ2n) is 5.21. The van der Waals surface area contributed by atoms with Crippen molar-refractivity contribution in [2.75, 3.05) is 20.1 Å². The molecule has 6 nitrogen and oxygen atoms in total. The molecular formula is C11H18N4O2S. The lowest BCUT2D eigenvalue weighted by Gasteiger charge is -2.31. The van der Waals surface area contributed by atoms with E-state index in [4.69, 9.17) is 0 Å². The zero-order chi connectivity index (χ0) is 12.8. The summed E-state index contributed by atoms with van der Waals surface area (Å²) in [4.78, 5) is 2.19. The fourth-order valence-electron chi connectivity index (χ4n) is 2.43. The molecule has 3 rings (SSSR count). The highest BCUT2D eigenvalue weighted by Crippen LogP contribution is 2.27. The van der Waals surface area contributed by atoms with Gasteiger partial charge in [-0.2, -0.15) is 5.10 Å². The van der Waals surface area contributed by atoms with Crippen LogP contribution in [0, 0.1) is 0 Å². The van der Waals surface area contributed by atoms with Crippen molar-refractivity contribution < 1.29 is 8.42 Å². The maximum atomic E-state index is 11.8. The van der Waals surface area contributed by atoms with Gasteiger partial charge in [0.05, 0.1) is 17.0 Å². The third-order valence-corrected chi connectivity index (χ3v) is 5.45. The van der Waals surface area contributed by atoms with Crippen LogP contribution in [0.1, 0.15) is 24.6 Å². The van der Waals surface area contributed by atoms with Gasteiger partial charge in [-0.05, 0) is 26.0 Å². The van der Waals surface area contributed by atoms with Crippen LogP contribution < -0.4 is 4.72 Å². The Morgan fingerprint density at radius 1 is 1.50 bits per heavy atom. The third-order valence-electron chi connectivity index (χ3n) is 3.54. The van der Waals surface area contributed by atoms with Crippen molar-refractivity contribution in [3.05, 3.63) is 18.0 Å². The van der Waals surface area contributed by atoms with Crippen molar-refractivity contribution in [1.29, 1.82) is 0 Å². The molecule has 0 bridgehead atoms. The highest BCUT2D eigenvalue weighted by molar-refractivity contribution is 7.90. The smallest absolute Gasteiger partial charge is 0.214 e. The van der Waals surface area contributed by atoms with E-state index in [1.54, 1.807) is 6.20 Å². The molecule has 0 spiro atoms. The molecule has 1 atom stereocenters. The first-order chi connectivity index (χ1) is 8.56. The lowest BCUT2D eigenvalue weighted by Crippen LogP contribution is -2.42. The zero-order valence-electron chi connectivity index (χ0n) is 10.4. The maximum absolute atomic E-state index is 11.8. The largest absolute Gasteiger partial charge is 0.298 e. The molecule has 1 aliphatic carbocycles. The molecule has 0 amide bonds. The van der Waals surface area contributed by atoms with Gasteiger partial charge in [0.2, 0.25) is 10.0 Å². The summed E-state index contributed by atoms with van der Waals surface area (Å²) in [5.41, 5.74) is 1.14. The molecule has 0 saturated heterocycles. The Kier molecular flexibility index (Phi) is 2.91. The monoisotopic (exact) mass is 270 g/mol. The zero-order valence-corrected chi connectivity index (χ0v) is 11.2. The number of nitrogens with zero attached hydrogens (tertiary/aromatic N) is 3. The van der Waals surface area contributed by atoms with Crippen LogP contribution in [0.3, 0.4) is 0 Å². The summed E-state index contributed by atoms with van der Waals surface area (Å²) < 4.78 is 28.3. The molecule has 2 heterocycles. The van der Waals surface area contributed by atoms with E-state index in [0.717, 1.165) is 31.6 Å². The molecule has 1 N–H and O–H groups in total. The molecule has 1 aromatic rings. The molecule has 1 aliphatic heterocycles. The van der Waals surface area contributed by atoms with Crippen LogP contribution >= 0.6 is 0 Å². The normalized spacial score (nSPS) is 25.1. The van der Waals surface area contributed by atoms with Crippen LogP contribution in [0.5, 0.6) is 0 Å².